The quantitative estimate of drug-likeness (QED) is 0.777. The van der Waals surface area contributed by atoms with E-state index in [9.17, 15) is 0 Å². The fourth-order valence-electron chi connectivity index (χ4n) is 0.912. The Morgan fingerprint density at radius 3 is 2.27 bits per heavy atom. The standard InChI is InChI=1S/C10H19N5/c1-6-7(2)14-15-9(12-6)13-10(4,5)8(3)11/h8H,11H2,1-5H3,(H,12,13,15). The van der Waals surface area contributed by atoms with E-state index in [1.54, 1.807) is 0 Å². The van der Waals surface area contributed by atoms with Crippen LogP contribution in [0.25, 0.3) is 0 Å². The summed E-state index contributed by atoms with van der Waals surface area (Å²) in [7, 11) is 0. The van der Waals surface area contributed by atoms with Gasteiger partial charge in [-0.25, -0.2) is 4.98 Å². The van der Waals surface area contributed by atoms with Crippen molar-refractivity contribution >= 4 is 5.95 Å². The summed E-state index contributed by atoms with van der Waals surface area (Å²) in [5.41, 5.74) is 7.33. The van der Waals surface area contributed by atoms with Crippen molar-refractivity contribution in [3.8, 4) is 0 Å². The number of rotatable bonds is 3. The molecule has 1 rings (SSSR count). The third kappa shape index (κ3) is 2.86. The van der Waals surface area contributed by atoms with Crippen LogP contribution < -0.4 is 11.1 Å². The van der Waals surface area contributed by atoms with Gasteiger partial charge in [0.1, 0.15) is 0 Å². The zero-order valence-corrected chi connectivity index (χ0v) is 10.00. The molecule has 0 radical (unpaired) electrons. The maximum absolute atomic E-state index is 5.85. The van der Waals surface area contributed by atoms with E-state index in [2.05, 4.69) is 20.5 Å². The molecule has 0 amide bonds. The molecule has 0 saturated carbocycles. The first-order valence-corrected chi connectivity index (χ1v) is 5.04. The van der Waals surface area contributed by atoms with Gasteiger partial charge in [0.25, 0.3) is 0 Å². The van der Waals surface area contributed by atoms with Crippen molar-refractivity contribution in [2.24, 2.45) is 5.73 Å². The van der Waals surface area contributed by atoms with Crippen LogP contribution in [-0.2, 0) is 0 Å². The molecule has 0 aliphatic heterocycles. The Hall–Kier alpha value is -1.23. The first-order chi connectivity index (χ1) is 6.83. The van der Waals surface area contributed by atoms with Gasteiger partial charge in [-0.1, -0.05) is 0 Å². The van der Waals surface area contributed by atoms with E-state index in [1.165, 1.54) is 0 Å². The van der Waals surface area contributed by atoms with Gasteiger partial charge in [-0.05, 0) is 34.6 Å². The molecule has 1 heterocycles. The van der Waals surface area contributed by atoms with Crippen molar-refractivity contribution in [1.29, 1.82) is 0 Å². The molecular formula is C10H19N5. The van der Waals surface area contributed by atoms with Crippen molar-refractivity contribution in [2.45, 2.75) is 46.2 Å². The Labute approximate surface area is 90.5 Å². The molecule has 5 heteroatoms. The summed E-state index contributed by atoms with van der Waals surface area (Å²) in [5, 5.41) is 11.2. The van der Waals surface area contributed by atoms with E-state index in [0.717, 1.165) is 11.4 Å². The molecule has 0 aromatic carbocycles. The van der Waals surface area contributed by atoms with Crippen molar-refractivity contribution in [3.63, 3.8) is 0 Å². The van der Waals surface area contributed by atoms with Crippen LogP contribution in [-0.4, -0.2) is 26.8 Å². The molecule has 3 N–H and O–H groups in total. The van der Waals surface area contributed by atoms with Crippen molar-refractivity contribution < 1.29 is 0 Å². The first-order valence-electron chi connectivity index (χ1n) is 5.04. The van der Waals surface area contributed by atoms with Crippen LogP contribution in [0.15, 0.2) is 0 Å². The molecule has 0 saturated heterocycles. The van der Waals surface area contributed by atoms with Gasteiger partial charge in [0.2, 0.25) is 5.95 Å². The normalized spacial score (nSPS) is 13.7. The fourth-order valence-corrected chi connectivity index (χ4v) is 0.912. The van der Waals surface area contributed by atoms with Crippen molar-refractivity contribution in [2.75, 3.05) is 5.32 Å². The molecule has 1 atom stereocenters. The molecule has 0 aliphatic rings. The number of nitrogens with one attached hydrogen (secondary N) is 1. The first kappa shape index (κ1) is 11.8. The van der Waals surface area contributed by atoms with Gasteiger partial charge in [0.05, 0.1) is 11.4 Å². The zero-order chi connectivity index (χ0) is 11.6. The minimum Gasteiger partial charge on any atom is -0.346 e. The van der Waals surface area contributed by atoms with E-state index < -0.39 is 0 Å². The average Bonchev–Trinajstić information content (AvgIpc) is 2.10. The number of aromatic nitrogens is 3. The molecule has 0 fully saturated rings. The Morgan fingerprint density at radius 2 is 1.80 bits per heavy atom. The molecule has 15 heavy (non-hydrogen) atoms. The molecule has 0 bridgehead atoms. The fraction of sp³-hybridized carbons (Fsp3) is 0.700. The molecule has 1 aromatic heterocycles. The highest BCUT2D eigenvalue weighted by Gasteiger charge is 2.23. The number of hydrogen-bond acceptors (Lipinski definition) is 5. The highest BCUT2D eigenvalue weighted by atomic mass is 15.3. The van der Waals surface area contributed by atoms with Crippen molar-refractivity contribution in [1.82, 2.24) is 15.2 Å². The predicted octanol–water partition coefficient (Wildman–Crippen LogP) is 1.03. The summed E-state index contributed by atoms with van der Waals surface area (Å²) < 4.78 is 0. The number of aryl methyl sites for hydroxylation is 2. The van der Waals surface area contributed by atoms with Crippen LogP contribution >= 0.6 is 0 Å². The minimum absolute atomic E-state index is 0.00251. The summed E-state index contributed by atoms with van der Waals surface area (Å²) in [5.74, 6) is 0.528. The predicted molar refractivity (Wildman–Crippen MR) is 60.7 cm³/mol. The largest absolute Gasteiger partial charge is 0.346 e. The summed E-state index contributed by atoms with van der Waals surface area (Å²) >= 11 is 0. The Kier molecular flexibility index (Phi) is 3.24. The number of hydrogen-bond donors (Lipinski definition) is 2. The van der Waals surface area contributed by atoms with Gasteiger partial charge in [-0.15, -0.1) is 5.10 Å². The summed E-state index contributed by atoms with van der Waals surface area (Å²) in [6.45, 7) is 9.76. The second-order valence-electron chi connectivity index (χ2n) is 4.44. The topological polar surface area (TPSA) is 76.7 Å². The Balaban J connectivity index is 2.86. The lowest BCUT2D eigenvalue weighted by molar-refractivity contribution is 0.466. The van der Waals surface area contributed by atoms with Crippen LogP contribution in [0.3, 0.4) is 0 Å². The molecule has 0 spiro atoms. The summed E-state index contributed by atoms with van der Waals surface area (Å²) in [4.78, 5) is 4.30. The van der Waals surface area contributed by atoms with Crippen LogP contribution in [0.2, 0.25) is 0 Å². The second-order valence-corrected chi connectivity index (χ2v) is 4.44. The lowest BCUT2D eigenvalue weighted by atomic mass is 9.97. The zero-order valence-electron chi connectivity index (χ0n) is 10.00. The van der Waals surface area contributed by atoms with Crippen LogP contribution in [0, 0.1) is 13.8 Å². The minimum atomic E-state index is -0.247. The van der Waals surface area contributed by atoms with Crippen LogP contribution in [0.5, 0.6) is 0 Å². The molecular weight excluding hydrogens is 190 g/mol. The van der Waals surface area contributed by atoms with E-state index in [0.29, 0.717) is 5.95 Å². The van der Waals surface area contributed by atoms with Crippen LogP contribution in [0.4, 0.5) is 5.95 Å². The summed E-state index contributed by atoms with van der Waals surface area (Å²) in [6, 6.07) is 0.00251. The van der Waals surface area contributed by atoms with Gasteiger partial charge in [0.15, 0.2) is 0 Å². The van der Waals surface area contributed by atoms with Crippen LogP contribution in [0.1, 0.15) is 32.2 Å². The molecule has 84 valence electrons. The maximum Gasteiger partial charge on any atom is 0.243 e. The van der Waals surface area contributed by atoms with E-state index in [1.807, 2.05) is 34.6 Å². The smallest absolute Gasteiger partial charge is 0.243 e. The highest BCUT2D eigenvalue weighted by molar-refractivity contribution is 5.29. The molecule has 1 unspecified atom stereocenters. The third-order valence-electron chi connectivity index (χ3n) is 2.66. The SMILES string of the molecule is Cc1nnc(NC(C)(C)C(C)N)nc1C. The summed E-state index contributed by atoms with van der Waals surface area (Å²) in [6.07, 6.45) is 0. The second kappa shape index (κ2) is 4.10. The number of nitrogens with two attached hydrogens (primary N) is 1. The van der Waals surface area contributed by atoms with Gasteiger partial charge in [-0.3, -0.25) is 0 Å². The molecule has 0 aliphatic carbocycles. The lowest BCUT2D eigenvalue weighted by Crippen LogP contribution is -2.47. The Bertz CT molecular complexity index is 346. The van der Waals surface area contributed by atoms with Gasteiger partial charge in [0, 0.05) is 11.6 Å². The molecule has 1 aromatic rings. The number of anilines is 1. The highest BCUT2D eigenvalue weighted by Crippen LogP contribution is 2.13. The maximum atomic E-state index is 5.85. The van der Waals surface area contributed by atoms with Gasteiger partial charge >= 0.3 is 0 Å². The van der Waals surface area contributed by atoms with Gasteiger partial charge in [-0.2, -0.15) is 5.10 Å². The van der Waals surface area contributed by atoms with E-state index in [-0.39, 0.29) is 11.6 Å². The van der Waals surface area contributed by atoms with E-state index >= 15 is 0 Å². The van der Waals surface area contributed by atoms with Crippen molar-refractivity contribution in [3.05, 3.63) is 11.4 Å². The monoisotopic (exact) mass is 209 g/mol. The van der Waals surface area contributed by atoms with E-state index in [4.69, 9.17) is 5.73 Å². The third-order valence-corrected chi connectivity index (χ3v) is 2.66. The number of nitrogens with zero attached hydrogens (tertiary/aromatic N) is 3. The van der Waals surface area contributed by atoms with Gasteiger partial charge < -0.3 is 11.1 Å². The lowest BCUT2D eigenvalue weighted by Gasteiger charge is -2.30. The Morgan fingerprint density at radius 1 is 1.20 bits per heavy atom. The molecule has 5 nitrogen and oxygen atoms in total. The average molecular weight is 209 g/mol.